The zero-order valence-electron chi connectivity index (χ0n) is 6.18. The molecule has 1 aromatic rings. The fraction of sp³-hybridized carbons (Fsp3) is 0. The largest absolute Gasteiger partial charge is 0.696 e. The molecule has 0 aromatic heterocycles. The van der Waals surface area contributed by atoms with Crippen molar-refractivity contribution in [3.05, 3.63) is 36.4 Å². The summed E-state index contributed by atoms with van der Waals surface area (Å²) in [6, 6.07) is 12.0. The molecule has 0 atom stereocenters. The maximum absolute atomic E-state index is 7.13. The molecule has 0 aliphatic rings. The standard InChI is InChI=1S/C6H6.2CHNS/c1-2-4-6-5-3-1;2*2-1-3/h1-6H;2*3H/p-2. The van der Waals surface area contributed by atoms with Crippen LogP contribution < -0.4 is 0 Å². The SMILES string of the molecule is N#C[S-].N#C[S-].c1ccccc1. The van der Waals surface area contributed by atoms with E-state index in [-0.39, 0.29) is 0 Å². The highest BCUT2D eigenvalue weighted by atomic mass is 32.1. The molecule has 12 heavy (non-hydrogen) atoms. The lowest BCUT2D eigenvalue weighted by Gasteiger charge is -1.69. The van der Waals surface area contributed by atoms with Crippen molar-refractivity contribution < 1.29 is 0 Å². The van der Waals surface area contributed by atoms with E-state index >= 15 is 0 Å². The Balaban J connectivity index is 0. The summed E-state index contributed by atoms with van der Waals surface area (Å²) in [6.45, 7) is 0. The van der Waals surface area contributed by atoms with Crippen molar-refractivity contribution in [2.45, 2.75) is 0 Å². The molecular weight excluding hydrogens is 188 g/mol. The highest BCUT2D eigenvalue weighted by Gasteiger charge is 1.57. The third-order valence-corrected chi connectivity index (χ3v) is 0.667. The van der Waals surface area contributed by atoms with Crippen LogP contribution in [0.2, 0.25) is 0 Å². The van der Waals surface area contributed by atoms with Gasteiger partial charge in [0.05, 0.1) is 0 Å². The molecule has 0 radical (unpaired) electrons. The van der Waals surface area contributed by atoms with Gasteiger partial charge in [-0.05, 0) is 0 Å². The molecule has 1 aromatic carbocycles. The number of nitriles is 2. The normalized spacial score (nSPS) is 5.17. The molecule has 0 unspecified atom stereocenters. The first-order chi connectivity index (χ1) is 5.83. The monoisotopic (exact) mass is 194 g/mol. The van der Waals surface area contributed by atoms with Crippen LogP contribution in [-0.2, 0) is 25.3 Å². The van der Waals surface area contributed by atoms with Crippen molar-refractivity contribution in [1.82, 2.24) is 0 Å². The number of thiocyanates is 2. The second-order valence-electron chi connectivity index (χ2n) is 1.34. The highest BCUT2D eigenvalue weighted by molar-refractivity contribution is 7.64. The van der Waals surface area contributed by atoms with Crippen molar-refractivity contribution in [2.75, 3.05) is 0 Å². The van der Waals surface area contributed by atoms with Gasteiger partial charge in [0.2, 0.25) is 0 Å². The van der Waals surface area contributed by atoms with E-state index in [0.29, 0.717) is 0 Å². The first-order valence-electron chi connectivity index (χ1n) is 2.86. The molecule has 0 bridgehead atoms. The van der Waals surface area contributed by atoms with Crippen molar-refractivity contribution in [2.24, 2.45) is 0 Å². The van der Waals surface area contributed by atoms with Gasteiger partial charge in [0.25, 0.3) is 0 Å². The molecule has 4 heteroatoms. The van der Waals surface area contributed by atoms with Gasteiger partial charge < -0.3 is 25.3 Å². The minimum Gasteiger partial charge on any atom is -0.696 e. The Kier molecular flexibility index (Phi) is 18.0. The van der Waals surface area contributed by atoms with Crippen LogP contribution in [-0.4, -0.2) is 0 Å². The summed E-state index contributed by atoms with van der Waals surface area (Å²) < 4.78 is 0. The van der Waals surface area contributed by atoms with Crippen molar-refractivity contribution in [3.8, 4) is 10.8 Å². The van der Waals surface area contributed by atoms with Crippen LogP contribution in [0.4, 0.5) is 0 Å². The minimum atomic E-state index is 1.33. The lowest BCUT2D eigenvalue weighted by atomic mass is 10.4. The van der Waals surface area contributed by atoms with Gasteiger partial charge in [-0.1, -0.05) is 47.2 Å². The van der Waals surface area contributed by atoms with Gasteiger partial charge in [-0.25, -0.2) is 10.5 Å². The number of hydrogen-bond acceptors (Lipinski definition) is 4. The van der Waals surface area contributed by atoms with Gasteiger partial charge in [0, 0.05) is 0 Å². The van der Waals surface area contributed by atoms with Crippen LogP contribution in [0.1, 0.15) is 0 Å². The molecule has 62 valence electrons. The number of nitrogens with zero attached hydrogens (tertiary/aromatic N) is 2. The van der Waals surface area contributed by atoms with Crippen LogP contribution in [0.15, 0.2) is 36.4 Å². The van der Waals surface area contributed by atoms with Gasteiger partial charge >= 0.3 is 0 Å². The molecule has 0 heterocycles. The molecule has 0 N–H and O–H groups in total. The summed E-state index contributed by atoms with van der Waals surface area (Å²) in [5, 5.41) is 16.9. The fourth-order valence-electron chi connectivity index (χ4n) is 0.385. The Bertz CT molecular complexity index is 197. The summed E-state index contributed by atoms with van der Waals surface area (Å²) in [5.41, 5.74) is 0. The van der Waals surface area contributed by atoms with Gasteiger partial charge in [-0.2, -0.15) is 0 Å². The molecule has 1 rings (SSSR count). The molecule has 0 fully saturated rings. The topological polar surface area (TPSA) is 47.6 Å². The van der Waals surface area contributed by atoms with Gasteiger partial charge in [0.15, 0.2) is 0 Å². The third-order valence-electron chi connectivity index (χ3n) is 0.667. The van der Waals surface area contributed by atoms with Gasteiger partial charge in [-0.3, -0.25) is 0 Å². The van der Waals surface area contributed by atoms with Crippen molar-refractivity contribution in [3.63, 3.8) is 0 Å². The van der Waals surface area contributed by atoms with E-state index in [1.165, 1.54) is 10.8 Å². The van der Waals surface area contributed by atoms with Crippen LogP contribution >= 0.6 is 0 Å². The van der Waals surface area contributed by atoms with E-state index in [2.05, 4.69) is 25.3 Å². The molecule has 0 saturated heterocycles. The van der Waals surface area contributed by atoms with E-state index in [1.54, 1.807) is 0 Å². The number of hydrogen-bond donors (Lipinski definition) is 0. The summed E-state index contributed by atoms with van der Waals surface area (Å²) in [4.78, 5) is 0. The van der Waals surface area contributed by atoms with Crippen LogP contribution in [0.25, 0.3) is 0 Å². The Morgan fingerprint density at radius 2 is 0.750 bits per heavy atom. The second kappa shape index (κ2) is 16.3. The van der Waals surface area contributed by atoms with Crippen molar-refractivity contribution in [1.29, 1.82) is 10.5 Å². The number of rotatable bonds is 0. The third kappa shape index (κ3) is 23.4. The van der Waals surface area contributed by atoms with Gasteiger partial charge in [0.1, 0.15) is 0 Å². The zero-order valence-corrected chi connectivity index (χ0v) is 7.81. The highest BCUT2D eigenvalue weighted by Crippen LogP contribution is 1.79. The summed E-state index contributed by atoms with van der Waals surface area (Å²) >= 11 is 7.40. The quantitative estimate of drug-likeness (QED) is 0.466. The lowest BCUT2D eigenvalue weighted by Crippen LogP contribution is -1.47. The van der Waals surface area contributed by atoms with Crippen molar-refractivity contribution >= 4 is 25.3 Å². The maximum atomic E-state index is 7.13. The maximum Gasteiger partial charge on any atom is -0.0623 e. The second-order valence-corrected chi connectivity index (χ2v) is 1.70. The Labute approximate surface area is 83.3 Å². The predicted octanol–water partition coefficient (Wildman–Crippen LogP) is 1.72. The van der Waals surface area contributed by atoms with Crippen LogP contribution in [0.3, 0.4) is 0 Å². The van der Waals surface area contributed by atoms with E-state index in [9.17, 15) is 0 Å². The van der Waals surface area contributed by atoms with E-state index in [0.717, 1.165) is 0 Å². The average Bonchev–Trinajstić information content (AvgIpc) is 2.10. The Morgan fingerprint density at radius 3 is 0.833 bits per heavy atom. The Hall–Kier alpha value is -1.36. The number of benzene rings is 1. The van der Waals surface area contributed by atoms with E-state index in [1.807, 2.05) is 36.4 Å². The molecule has 0 amide bonds. The lowest BCUT2D eigenvalue weighted by molar-refractivity contribution is 1.57. The van der Waals surface area contributed by atoms with E-state index < -0.39 is 0 Å². The first-order valence-corrected chi connectivity index (χ1v) is 3.67. The molecule has 0 aliphatic heterocycles. The summed E-state index contributed by atoms with van der Waals surface area (Å²) in [6.07, 6.45) is 0. The van der Waals surface area contributed by atoms with E-state index in [4.69, 9.17) is 10.5 Å². The van der Waals surface area contributed by atoms with Crippen LogP contribution in [0.5, 0.6) is 0 Å². The average molecular weight is 194 g/mol. The summed E-state index contributed by atoms with van der Waals surface area (Å²) in [7, 11) is 0. The zero-order chi connectivity index (χ0) is 9.66. The van der Waals surface area contributed by atoms with Gasteiger partial charge in [-0.15, -0.1) is 0 Å². The molecule has 0 spiro atoms. The molecule has 0 aliphatic carbocycles. The smallest absolute Gasteiger partial charge is 0.0623 e. The minimum absolute atomic E-state index is 1.33. The fourth-order valence-corrected chi connectivity index (χ4v) is 0.385. The molecular formula is C8H6N2S2-2. The first kappa shape index (κ1) is 13.2. The van der Waals surface area contributed by atoms with Crippen LogP contribution in [0, 0.1) is 21.3 Å². The molecule has 2 nitrogen and oxygen atoms in total. The predicted molar refractivity (Wildman–Crippen MR) is 52.4 cm³/mol. The summed E-state index contributed by atoms with van der Waals surface area (Å²) in [5.74, 6) is 0. The Morgan fingerprint density at radius 1 is 0.667 bits per heavy atom. The molecule has 0 saturated carbocycles.